The summed E-state index contributed by atoms with van der Waals surface area (Å²) in [6, 6.07) is 19.7. The molecule has 1 atom stereocenters. The van der Waals surface area contributed by atoms with Crippen LogP contribution in [-0.4, -0.2) is 20.9 Å². The van der Waals surface area contributed by atoms with Gasteiger partial charge < -0.3 is 5.32 Å². The highest BCUT2D eigenvalue weighted by Crippen LogP contribution is 2.32. The molecular weight excluding hydrogens is 471 g/mol. The molecule has 0 radical (unpaired) electrons. The highest BCUT2D eigenvalue weighted by atomic mass is 32.2. The molecule has 1 amide bonds. The zero-order valence-corrected chi connectivity index (χ0v) is 20.7. The summed E-state index contributed by atoms with van der Waals surface area (Å²) in [5.41, 5.74) is 2.33. The molecule has 1 heterocycles. The molecule has 0 saturated carbocycles. The van der Waals surface area contributed by atoms with Crippen LogP contribution in [0.3, 0.4) is 0 Å². The van der Waals surface area contributed by atoms with Crippen molar-refractivity contribution in [1.82, 2.24) is 5.32 Å². The maximum Gasteiger partial charge on any atom is 0.264 e. The fourth-order valence-corrected chi connectivity index (χ4v) is 6.14. The second kappa shape index (κ2) is 9.56. The molecule has 0 spiro atoms. The second-order valence-electron chi connectivity index (χ2n) is 8.06. The number of carbonyl (C=O) groups excluding carboxylic acids is 1. The van der Waals surface area contributed by atoms with Crippen LogP contribution in [0.2, 0.25) is 0 Å². The number of hydrogen-bond acceptors (Lipinski definition) is 4. The highest BCUT2D eigenvalue weighted by Gasteiger charge is 2.24. The second-order valence-corrected chi connectivity index (χ2v) is 11.0. The number of aryl methyl sites for hydroxylation is 1. The third-order valence-electron chi connectivity index (χ3n) is 5.63. The van der Waals surface area contributed by atoms with E-state index in [1.54, 1.807) is 61.5 Å². The number of amides is 1. The molecule has 34 heavy (non-hydrogen) atoms. The molecule has 4 rings (SSSR count). The van der Waals surface area contributed by atoms with Gasteiger partial charge in [0.15, 0.2) is 0 Å². The molecule has 1 aromatic heterocycles. The molecule has 176 valence electrons. The highest BCUT2D eigenvalue weighted by molar-refractivity contribution is 7.92. The van der Waals surface area contributed by atoms with Crippen molar-refractivity contribution in [2.75, 3.05) is 10.8 Å². The molecule has 0 bridgehead atoms. The lowest BCUT2D eigenvalue weighted by molar-refractivity contribution is 0.0944. The van der Waals surface area contributed by atoms with Gasteiger partial charge in [-0.3, -0.25) is 9.10 Å². The molecule has 4 aromatic rings. The molecule has 0 aliphatic heterocycles. The number of carbonyl (C=O) groups is 1. The minimum Gasteiger partial charge on any atom is -0.345 e. The minimum atomic E-state index is -3.72. The standard InChI is InChI=1S/C26H25FN2O3S2/c1-4-29(34(31,32)23-12-5-17(2)6-13-23)22-11-14-24-20(15-22)16-25(33-24)26(30)28-18(3)19-7-9-21(27)10-8-19/h5-16,18H,4H2,1-3H3,(H,28,30)/t18-/m0/s1. The summed E-state index contributed by atoms with van der Waals surface area (Å²) in [5, 5.41) is 3.73. The first kappa shape index (κ1) is 23.9. The Kier molecular flexibility index (Phi) is 6.72. The topological polar surface area (TPSA) is 66.5 Å². The third kappa shape index (κ3) is 4.83. The number of sulfonamides is 1. The predicted molar refractivity (Wildman–Crippen MR) is 135 cm³/mol. The normalized spacial score (nSPS) is 12.5. The number of benzene rings is 3. The summed E-state index contributed by atoms with van der Waals surface area (Å²) in [7, 11) is -3.72. The number of hydrogen-bond donors (Lipinski definition) is 1. The molecule has 0 aliphatic rings. The lowest BCUT2D eigenvalue weighted by Gasteiger charge is -2.23. The van der Waals surface area contributed by atoms with Crippen LogP contribution in [0.15, 0.2) is 77.7 Å². The van der Waals surface area contributed by atoms with Gasteiger partial charge in [0.05, 0.1) is 21.5 Å². The van der Waals surface area contributed by atoms with Crippen molar-refractivity contribution >= 4 is 43.0 Å². The van der Waals surface area contributed by atoms with Crippen molar-refractivity contribution in [2.24, 2.45) is 0 Å². The van der Waals surface area contributed by atoms with Gasteiger partial charge in [-0.1, -0.05) is 29.8 Å². The maximum absolute atomic E-state index is 13.2. The molecule has 1 N–H and O–H groups in total. The van der Waals surface area contributed by atoms with Gasteiger partial charge >= 0.3 is 0 Å². The van der Waals surface area contributed by atoms with Crippen molar-refractivity contribution in [3.63, 3.8) is 0 Å². The Morgan fingerprint density at radius 2 is 1.71 bits per heavy atom. The first-order chi connectivity index (χ1) is 16.2. The van der Waals surface area contributed by atoms with Gasteiger partial charge in [-0.2, -0.15) is 0 Å². The zero-order valence-electron chi connectivity index (χ0n) is 19.1. The fourth-order valence-electron chi connectivity index (χ4n) is 3.73. The van der Waals surface area contributed by atoms with Crippen LogP contribution in [-0.2, 0) is 10.0 Å². The van der Waals surface area contributed by atoms with E-state index < -0.39 is 10.0 Å². The quantitative estimate of drug-likeness (QED) is 0.338. The van der Waals surface area contributed by atoms with E-state index in [2.05, 4.69) is 5.32 Å². The molecule has 8 heteroatoms. The Morgan fingerprint density at radius 3 is 2.35 bits per heavy atom. The van der Waals surface area contributed by atoms with Gasteiger partial charge in [0.25, 0.3) is 15.9 Å². The van der Waals surface area contributed by atoms with E-state index in [4.69, 9.17) is 0 Å². The van der Waals surface area contributed by atoms with E-state index in [9.17, 15) is 17.6 Å². The minimum absolute atomic E-state index is 0.236. The van der Waals surface area contributed by atoms with Crippen LogP contribution in [0.25, 0.3) is 10.1 Å². The number of anilines is 1. The smallest absolute Gasteiger partial charge is 0.264 e. The van der Waals surface area contributed by atoms with Gasteiger partial charge in [0.2, 0.25) is 0 Å². The predicted octanol–water partition coefficient (Wildman–Crippen LogP) is 6.06. The lowest BCUT2D eigenvalue weighted by atomic mass is 10.1. The van der Waals surface area contributed by atoms with E-state index >= 15 is 0 Å². The van der Waals surface area contributed by atoms with Crippen LogP contribution >= 0.6 is 11.3 Å². The Morgan fingerprint density at radius 1 is 1.03 bits per heavy atom. The number of fused-ring (bicyclic) bond motifs is 1. The van der Waals surface area contributed by atoms with Gasteiger partial charge in [-0.15, -0.1) is 11.3 Å². The SMILES string of the molecule is CCN(c1ccc2sc(C(=O)N[C@@H](C)c3ccc(F)cc3)cc2c1)S(=O)(=O)c1ccc(C)cc1. The Labute approximate surface area is 202 Å². The van der Waals surface area contributed by atoms with Crippen molar-refractivity contribution < 1.29 is 17.6 Å². The molecule has 0 fully saturated rings. The Hall–Kier alpha value is -3.23. The van der Waals surface area contributed by atoms with Gasteiger partial charge in [-0.05, 0) is 80.3 Å². The first-order valence-corrected chi connectivity index (χ1v) is 13.1. The molecule has 5 nitrogen and oxygen atoms in total. The Balaban J connectivity index is 1.59. The number of nitrogens with one attached hydrogen (secondary N) is 1. The molecule has 0 saturated heterocycles. The van der Waals surface area contributed by atoms with Crippen molar-refractivity contribution in [3.8, 4) is 0 Å². The monoisotopic (exact) mass is 496 g/mol. The van der Waals surface area contributed by atoms with Crippen LogP contribution in [0, 0.1) is 12.7 Å². The number of nitrogens with zero attached hydrogens (tertiary/aromatic N) is 1. The van der Waals surface area contributed by atoms with E-state index in [-0.39, 0.29) is 29.2 Å². The van der Waals surface area contributed by atoms with Crippen LogP contribution in [0.4, 0.5) is 10.1 Å². The summed E-state index contributed by atoms with van der Waals surface area (Å²) in [6.45, 7) is 5.81. The number of halogens is 1. The van der Waals surface area contributed by atoms with Crippen molar-refractivity contribution in [1.29, 1.82) is 0 Å². The van der Waals surface area contributed by atoms with Crippen LogP contribution in [0.1, 0.15) is 40.7 Å². The van der Waals surface area contributed by atoms with Crippen LogP contribution < -0.4 is 9.62 Å². The molecule has 0 unspecified atom stereocenters. The summed E-state index contributed by atoms with van der Waals surface area (Å²) >= 11 is 1.34. The summed E-state index contributed by atoms with van der Waals surface area (Å²) in [6.07, 6.45) is 0. The Bertz CT molecular complexity index is 1430. The first-order valence-electron chi connectivity index (χ1n) is 10.9. The van der Waals surface area contributed by atoms with E-state index in [0.717, 1.165) is 21.2 Å². The number of thiophene rings is 1. The summed E-state index contributed by atoms with van der Waals surface area (Å²) in [5.74, 6) is -0.563. The van der Waals surface area contributed by atoms with Crippen molar-refractivity contribution in [3.05, 3.63) is 94.6 Å². The molecule has 0 aliphatic carbocycles. The maximum atomic E-state index is 13.2. The molecule has 3 aromatic carbocycles. The average Bonchev–Trinajstić information content (AvgIpc) is 3.24. The van der Waals surface area contributed by atoms with E-state index in [1.807, 2.05) is 19.9 Å². The van der Waals surface area contributed by atoms with Gasteiger partial charge in [0, 0.05) is 11.2 Å². The fraction of sp³-hybridized carbons (Fsp3) is 0.192. The average molecular weight is 497 g/mol. The number of rotatable bonds is 7. The van der Waals surface area contributed by atoms with Crippen LogP contribution in [0.5, 0.6) is 0 Å². The van der Waals surface area contributed by atoms with E-state index in [0.29, 0.717) is 10.6 Å². The van der Waals surface area contributed by atoms with Gasteiger partial charge in [-0.25, -0.2) is 12.8 Å². The lowest BCUT2D eigenvalue weighted by Crippen LogP contribution is -2.30. The zero-order chi connectivity index (χ0) is 24.5. The largest absolute Gasteiger partial charge is 0.345 e. The third-order valence-corrected chi connectivity index (χ3v) is 8.66. The summed E-state index contributed by atoms with van der Waals surface area (Å²) in [4.78, 5) is 13.6. The molecular formula is C26H25FN2O3S2. The summed E-state index contributed by atoms with van der Waals surface area (Å²) < 4.78 is 41.9. The van der Waals surface area contributed by atoms with Crippen molar-refractivity contribution in [2.45, 2.75) is 31.7 Å². The van der Waals surface area contributed by atoms with E-state index in [1.165, 1.54) is 27.8 Å². The van der Waals surface area contributed by atoms with Gasteiger partial charge in [0.1, 0.15) is 5.82 Å².